The van der Waals surface area contributed by atoms with E-state index in [-0.39, 0.29) is 0 Å². The fourth-order valence-corrected chi connectivity index (χ4v) is 2.47. The summed E-state index contributed by atoms with van der Waals surface area (Å²) in [7, 11) is 4.37. The number of hydrogen-bond donors (Lipinski definition) is 1. The summed E-state index contributed by atoms with van der Waals surface area (Å²) in [4.78, 5) is 4.96. The second-order valence-corrected chi connectivity index (χ2v) is 4.47. The highest BCUT2D eigenvalue weighted by Crippen LogP contribution is 2.12. The lowest BCUT2D eigenvalue weighted by molar-refractivity contribution is 0.104. The molecule has 84 valence electrons. The Kier molecular flexibility index (Phi) is 4.85. The minimum atomic E-state index is 0.678. The second kappa shape index (κ2) is 5.69. The molecule has 1 rings (SSSR count). The summed E-state index contributed by atoms with van der Waals surface area (Å²) in [5.41, 5.74) is 0. The van der Waals surface area contributed by atoms with E-state index >= 15 is 0 Å². The molecule has 1 N–H and O–H groups in total. The Balaban J connectivity index is 2.47. The molecule has 1 heterocycles. The second-order valence-electron chi connectivity index (χ2n) is 4.47. The topological polar surface area (TPSA) is 18.5 Å². The molecule has 1 saturated heterocycles. The number of rotatable bonds is 4. The van der Waals surface area contributed by atoms with Crippen molar-refractivity contribution in [2.45, 2.75) is 32.4 Å². The Bertz CT molecular complexity index is 153. The summed E-state index contributed by atoms with van der Waals surface area (Å²) in [6.45, 7) is 9.34. The highest BCUT2D eigenvalue weighted by atomic mass is 15.2. The van der Waals surface area contributed by atoms with Gasteiger partial charge < -0.3 is 10.2 Å². The average molecular weight is 199 g/mol. The Morgan fingerprint density at radius 3 is 2.29 bits per heavy atom. The van der Waals surface area contributed by atoms with Crippen molar-refractivity contribution in [3.05, 3.63) is 0 Å². The summed E-state index contributed by atoms with van der Waals surface area (Å²) >= 11 is 0. The van der Waals surface area contributed by atoms with Gasteiger partial charge in [0.05, 0.1) is 0 Å². The molecule has 0 spiro atoms. The lowest BCUT2D eigenvalue weighted by atomic mass is 10.0. The van der Waals surface area contributed by atoms with Gasteiger partial charge in [-0.25, -0.2) is 0 Å². The lowest BCUT2D eigenvalue weighted by Gasteiger charge is -2.39. The van der Waals surface area contributed by atoms with Crippen LogP contribution in [-0.4, -0.2) is 62.2 Å². The number of hydrogen-bond acceptors (Lipinski definition) is 3. The third-order valence-corrected chi connectivity index (χ3v) is 3.37. The van der Waals surface area contributed by atoms with Crippen LogP contribution in [0.25, 0.3) is 0 Å². The van der Waals surface area contributed by atoms with Crippen LogP contribution >= 0.6 is 0 Å². The van der Waals surface area contributed by atoms with Crippen LogP contribution in [-0.2, 0) is 0 Å². The van der Waals surface area contributed by atoms with Gasteiger partial charge in [0.1, 0.15) is 0 Å². The van der Waals surface area contributed by atoms with E-state index in [1.54, 1.807) is 0 Å². The summed E-state index contributed by atoms with van der Waals surface area (Å²) in [5, 5.41) is 3.40. The van der Waals surface area contributed by atoms with Crippen LogP contribution in [0.1, 0.15) is 20.3 Å². The molecule has 1 fully saturated rings. The zero-order valence-electron chi connectivity index (χ0n) is 10.1. The molecule has 0 aromatic carbocycles. The quantitative estimate of drug-likeness (QED) is 0.716. The molecule has 3 heteroatoms. The molecule has 0 saturated carbocycles. The van der Waals surface area contributed by atoms with Crippen molar-refractivity contribution in [1.82, 2.24) is 15.1 Å². The first kappa shape index (κ1) is 12.0. The molecule has 0 amide bonds. The van der Waals surface area contributed by atoms with Gasteiger partial charge in [-0.2, -0.15) is 0 Å². The first-order valence-corrected chi connectivity index (χ1v) is 5.78. The van der Waals surface area contributed by atoms with E-state index in [1.807, 2.05) is 0 Å². The van der Waals surface area contributed by atoms with Crippen LogP contribution in [0.4, 0.5) is 0 Å². The number of likely N-dealkylation sites (N-methyl/N-ethyl adjacent to an activating group) is 1. The maximum atomic E-state index is 3.40. The molecule has 2 atom stereocenters. The van der Waals surface area contributed by atoms with E-state index in [1.165, 1.54) is 19.5 Å². The van der Waals surface area contributed by atoms with Crippen molar-refractivity contribution in [2.75, 3.05) is 40.3 Å². The third kappa shape index (κ3) is 2.94. The predicted molar refractivity (Wildman–Crippen MR) is 61.7 cm³/mol. The monoisotopic (exact) mass is 199 g/mol. The van der Waals surface area contributed by atoms with Crippen molar-refractivity contribution in [3.8, 4) is 0 Å². The van der Waals surface area contributed by atoms with Crippen LogP contribution in [0.15, 0.2) is 0 Å². The van der Waals surface area contributed by atoms with E-state index in [9.17, 15) is 0 Å². The molecular weight excluding hydrogens is 174 g/mol. The predicted octanol–water partition coefficient (Wildman–Crippen LogP) is 0.620. The Hall–Kier alpha value is -0.120. The Morgan fingerprint density at radius 1 is 1.29 bits per heavy atom. The molecule has 3 nitrogen and oxygen atoms in total. The minimum Gasteiger partial charge on any atom is -0.314 e. The van der Waals surface area contributed by atoms with Gasteiger partial charge in [0.2, 0.25) is 0 Å². The molecule has 14 heavy (non-hydrogen) atoms. The maximum Gasteiger partial charge on any atom is 0.0240 e. The van der Waals surface area contributed by atoms with Crippen molar-refractivity contribution < 1.29 is 0 Å². The highest BCUT2D eigenvalue weighted by molar-refractivity contribution is 4.82. The fourth-order valence-electron chi connectivity index (χ4n) is 2.47. The smallest absolute Gasteiger partial charge is 0.0240 e. The van der Waals surface area contributed by atoms with Gasteiger partial charge >= 0.3 is 0 Å². The standard InChI is InChI=1S/C11H25N3/c1-5-11(13(3)4)10(2)14-8-6-12-7-9-14/h10-12H,5-9H2,1-4H3. The zero-order chi connectivity index (χ0) is 10.6. The molecule has 1 aliphatic heterocycles. The third-order valence-electron chi connectivity index (χ3n) is 3.37. The molecule has 2 unspecified atom stereocenters. The number of nitrogens with zero attached hydrogens (tertiary/aromatic N) is 2. The van der Waals surface area contributed by atoms with E-state index < -0.39 is 0 Å². The Morgan fingerprint density at radius 2 is 1.86 bits per heavy atom. The largest absolute Gasteiger partial charge is 0.314 e. The van der Waals surface area contributed by atoms with Gasteiger partial charge in [-0.1, -0.05) is 6.92 Å². The van der Waals surface area contributed by atoms with E-state index in [2.05, 4.69) is 43.1 Å². The van der Waals surface area contributed by atoms with Gasteiger partial charge in [0, 0.05) is 38.3 Å². The van der Waals surface area contributed by atoms with Crippen LogP contribution in [0.3, 0.4) is 0 Å². The molecule has 0 aliphatic carbocycles. The first-order chi connectivity index (χ1) is 6.66. The van der Waals surface area contributed by atoms with Crippen molar-refractivity contribution >= 4 is 0 Å². The SMILES string of the molecule is CCC(C(C)N1CCNCC1)N(C)C. The minimum absolute atomic E-state index is 0.678. The number of nitrogens with one attached hydrogen (secondary N) is 1. The lowest BCUT2D eigenvalue weighted by Crippen LogP contribution is -2.54. The summed E-state index contributed by atoms with van der Waals surface area (Å²) in [6.07, 6.45) is 1.23. The fraction of sp³-hybridized carbons (Fsp3) is 1.00. The molecular formula is C11H25N3. The molecule has 0 bridgehead atoms. The summed E-state index contributed by atoms with van der Waals surface area (Å²) in [5.74, 6) is 0. The van der Waals surface area contributed by atoms with E-state index in [4.69, 9.17) is 0 Å². The van der Waals surface area contributed by atoms with Crippen LogP contribution < -0.4 is 5.32 Å². The van der Waals surface area contributed by atoms with Crippen molar-refractivity contribution in [2.24, 2.45) is 0 Å². The van der Waals surface area contributed by atoms with E-state index in [0.717, 1.165) is 13.1 Å². The van der Waals surface area contributed by atoms with E-state index in [0.29, 0.717) is 12.1 Å². The highest BCUT2D eigenvalue weighted by Gasteiger charge is 2.24. The summed E-state index contributed by atoms with van der Waals surface area (Å²) in [6, 6.07) is 1.37. The summed E-state index contributed by atoms with van der Waals surface area (Å²) < 4.78 is 0. The molecule has 0 radical (unpaired) electrons. The van der Waals surface area contributed by atoms with Gasteiger partial charge in [-0.3, -0.25) is 4.90 Å². The molecule has 0 aromatic rings. The normalized spacial score (nSPS) is 23.8. The van der Waals surface area contributed by atoms with Crippen LogP contribution in [0.5, 0.6) is 0 Å². The van der Waals surface area contributed by atoms with Gasteiger partial charge in [-0.05, 0) is 27.4 Å². The van der Waals surface area contributed by atoms with Crippen molar-refractivity contribution in [3.63, 3.8) is 0 Å². The van der Waals surface area contributed by atoms with Crippen molar-refractivity contribution in [1.29, 1.82) is 0 Å². The van der Waals surface area contributed by atoms with Gasteiger partial charge in [0.15, 0.2) is 0 Å². The number of piperazine rings is 1. The average Bonchev–Trinajstić information content (AvgIpc) is 2.19. The first-order valence-electron chi connectivity index (χ1n) is 5.78. The van der Waals surface area contributed by atoms with Gasteiger partial charge in [0.25, 0.3) is 0 Å². The maximum absolute atomic E-state index is 3.40. The van der Waals surface area contributed by atoms with Crippen LogP contribution in [0, 0.1) is 0 Å². The molecule has 0 aromatic heterocycles. The molecule has 1 aliphatic rings. The van der Waals surface area contributed by atoms with Gasteiger partial charge in [-0.15, -0.1) is 0 Å². The van der Waals surface area contributed by atoms with Crippen LogP contribution in [0.2, 0.25) is 0 Å². The zero-order valence-corrected chi connectivity index (χ0v) is 10.1. The Labute approximate surface area is 88.5 Å².